The molecule has 3 rings (SSSR count). The van der Waals surface area contributed by atoms with Crippen LogP contribution in [0.4, 0.5) is 0 Å². The van der Waals surface area contributed by atoms with Gasteiger partial charge in [-0.15, -0.1) is 0 Å². The zero-order chi connectivity index (χ0) is 13.9. The van der Waals surface area contributed by atoms with Crippen LogP contribution in [0.1, 0.15) is 22.8 Å². The van der Waals surface area contributed by atoms with Gasteiger partial charge < -0.3 is 15.8 Å². The molecule has 1 heterocycles. The van der Waals surface area contributed by atoms with Gasteiger partial charge in [-0.05, 0) is 41.8 Å². The molecule has 3 aromatic rings. The van der Waals surface area contributed by atoms with Gasteiger partial charge in [-0.2, -0.15) is 0 Å². The lowest BCUT2D eigenvalue weighted by Gasteiger charge is -2.12. The van der Waals surface area contributed by atoms with Crippen LogP contribution in [0.2, 0.25) is 0 Å². The molecule has 0 aliphatic rings. The molecular formula is C16H17N3O. The summed E-state index contributed by atoms with van der Waals surface area (Å²) in [5.41, 5.74) is 10.3. The van der Waals surface area contributed by atoms with Gasteiger partial charge in [-0.25, -0.2) is 4.98 Å². The van der Waals surface area contributed by atoms with Crippen LogP contribution in [-0.4, -0.2) is 21.6 Å². The molecule has 0 aliphatic heterocycles. The molecule has 0 saturated carbocycles. The first-order valence-electron chi connectivity index (χ1n) is 6.68. The molecule has 4 nitrogen and oxygen atoms in total. The van der Waals surface area contributed by atoms with Crippen molar-refractivity contribution >= 4 is 11.0 Å². The lowest BCUT2D eigenvalue weighted by atomic mass is 9.99. The Morgan fingerprint density at radius 2 is 1.85 bits per heavy atom. The van der Waals surface area contributed by atoms with Crippen molar-refractivity contribution in [3.63, 3.8) is 0 Å². The Kier molecular flexibility index (Phi) is 3.50. The summed E-state index contributed by atoms with van der Waals surface area (Å²) in [5, 5.41) is 10.5. The minimum Gasteiger partial charge on any atom is -0.384 e. The molecule has 0 amide bonds. The summed E-state index contributed by atoms with van der Waals surface area (Å²) in [7, 11) is 0. The van der Waals surface area contributed by atoms with Crippen LogP contribution in [0.3, 0.4) is 0 Å². The maximum absolute atomic E-state index is 10.5. The lowest BCUT2D eigenvalue weighted by Crippen LogP contribution is -2.03. The second-order valence-corrected chi connectivity index (χ2v) is 4.86. The molecule has 0 radical (unpaired) electrons. The predicted molar refractivity (Wildman–Crippen MR) is 79.4 cm³/mol. The number of rotatable bonds is 4. The van der Waals surface area contributed by atoms with Gasteiger partial charge in [0, 0.05) is 0 Å². The van der Waals surface area contributed by atoms with Crippen LogP contribution in [0.15, 0.2) is 48.8 Å². The molecule has 1 unspecified atom stereocenters. The van der Waals surface area contributed by atoms with E-state index in [1.807, 2.05) is 42.5 Å². The number of hydrogen-bond donors (Lipinski definition) is 3. The van der Waals surface area contributed by atoms with Crippen LogP contribution in [0.25, 0.3) is 11.0 Å². The largest absolute Gasteiger partial charge is 0.384 e. The zero-order valence-electron chi connectivity index (χ0n) is 11.1. The first kappa shape index (κ1) is 12.8. The van der Waals surface area contributed by atoms with Gasteiger partial charge in [0.15, 0.2) is 0 Å². The number of aliphatic hydroxyl groups is 1. The number of aromatic amines is 1. The summed E-state index contributed by atoms with van der Waals surface area (Å²) in [4.78, 5) is 7.23. The van der Waals surface area contributed by atoms with Crippen molar-refractivity contribution in [3.8, 4) is 0 Å². The molecule has 20 heavy (non-hydrogen) atoms. The van der Waals surface area contributed by atoms with Gasteiger partial charge in [-0.1, -0.05) is 30.3 Å². The smallest absolute Gasteiger partial charge is 0.104 e. The minimum atomic E-state index is -0.630. The number of aromatic nitrogens is 2. The summed E-state index contributed by atoms with van der Waals surface area (Å²) in [6.07, 6.45) is 1.88. The first-order chi connectivity index (χ1) is 9.78. The molecule has 0 bridgehead atoms. The van der Waals surface area contributed by atoms with E-state index in [1.54, 1.807) is 6.33 Å². The van der Waals surface area contributed by atoms with Gasteiger partial charge in [0.2, 0.25) is 0 Å². The van der Waals surface area contributed by atoms with E-state index >= 15 is 0 Å². The highest BCUT2D eigenvalue weighted by Crippen LogP contribution is 2.24. The highest BCUT2D eigenvalue weighted by atomic mass is 16.3. The Balaban J connectivity index is 1.88. The highest BCUT2D eigenvalue weighted by Gasteiger charge is 2.11. The Morgan fingerprint density at radius 1 is 1.10 bits per heavy atom. The molecule has 2 aromatic carbocycles. The third kappa shape index (κ3) is 2.43. The molecule has 0 aliphatic carbocycles. The van der Waals surface area contributed by atoms with E-state index in [0.717, 1.165) is 28.6 Å². The van der Waals surface area contributed by atoms with Crippen LogP contribution in [-0.2, 0) is 6.42 Å². The molecule has 102 valence electrons. The summed E-state index contributed by atoms with van der Waals surface area (Å²) in [6.45, 7) is 0.637. The van der Waals surface area contributed by atoms with Crippen molar-refractivity contribution in [2.24, 2.45) is 5.73 Å². The maximum Gasteiger partial charge on any atom is 0.104 e. The number of nitrogens with zero attached hydrogens (tertiary/aromatic N) is 1. The molecule has 4 N–H and O–H groups in total. The van der Waals surface area contributed by atoms with E-state index in [2.05, 4.69) is 9.97 Å². The topological polar surface area (TPSA) is 74.9 Å². The number of nitrogens with two attached hydrogens (primary N) is 1. The first-order valence-corrected chi connectivity index (χ1v) is 6.68. The Labute approximate surface area is 117 Å². The molecule has 1 atom stereocenters. The second kappa shape index (κ2) is 5.45. The van der Waals surface area contributed by atoms with E-state index in [1.165, 1.54) is 5.56 Å². The normalized spacial score (nSPS) is 12.7. The van der Waals surface area contributed by atoms with Crippen molar-refractivity contribution in [2.45, 2.75) is 12.5 Å². The van der Waals surface area contributed by atoms with E-state index < -0.39 is 6.10 Å². The van der Waals surface area contributed by atoms with Crippen molar-refractivity contribution in [2.75, 3.05) is 6.54 Å². The van der Waals surface area contributed by atoms with Crippen LogP contribution < -0.4 is 5.73 Å². The van der Waals surface area contributed by atoms with Gasteiger partial charge in [0.05, 0.1) is 17.4 Å². The number of H-pyrrole nitrogens is 1. The number of nitrogens with one attached hydrogen (secondary N) is 1. The summed E-state index contributed by atoms with van der Waals surface area (Å²) in [6, 6.07) is 13.7. The quantitative estimate of drug-likeness (QED) is 0.678. The number of imidazole rings is 1. The third-order valence-electron chi connectivity index (χ3n) is 3.49. The van der Waals surface area contributed by atoms with E-state index in [0.29, 0.717) is 6.54 Å². The van der Waals surface area contributed by atoms with Gasteiger partial charge in [-0.3, -0.25) is 0 Å². The SMILES string of the molecule is NCCc1ccc(C(O)c2ccc3nc[nH]c3c2)cc1. The molecule has 0 saturated heterocycles. The summed E-state index contributed by atoms with van der Waals surface area (Å²) in [5.74, 6) is 0. The van der Waals surface area contributed by atoms with E-state index in [-0.39, 0.29) is 0 Å². The number of benzene rings is 2. The Morgan fingerprint density at radius 3 is 2.60 bits per heavy atom. The number of hydrogen-bond acceptors (Lipinski definition) is 3. The monoisotopic (exact) mass is 267 g/mol. The molecule has 0 fully saturated rings. The number of aliphatic hydroxyl groups excluding tert-OH is 1. The van der Waals surface area contributed by atoms with E-state index in [9.17, 15) is 5.11 Å². The van der Waals surface area contributed by atoms with E-state index in [4.69, 9.17) is 5.73 Å². The van der Waals surface area contributed by atoms with Crippen molar-refractivity contribution in [1.29, 1.82) is 0 Å². The standard InChI is InChI=1S/C16H17N3O/c17-8-7-11-1-3-12(4-2-11)16(20)13-5-6-14-15(9-13)19-10-18-14/h1-6,9-10,16,20H,7-8,17H2,(H,18,19). The second-order valence-electron chi connectivity index (χ2n) is 4.86. The fraction of sp³-hybridized carbons (Fsp3) is 0.188. The fourth-order valence-corrected chi connectivity index (χ4v) is 2.35. The Hall–Kier alpha value is -2.17. The third-order valence-corrected chi connectivity index (χ3v) is 3.49. The van der Waals surface area contributed by atoms with Crippen LogP contribution >= 0.6 is 0 Å². The molecule has 0 spiro atoms. The highest BCUT2D eigenvalue weighted by molar-refractivity contribution is 5.75. The van der Waals surface area contributed by atoms with Crippen molar-refractivity contribution in [1.82, 2.24) is 9.97 Å². The van der Waals surface area contributed by atoms with Gasteiger partial charge >= 0.3 is 0 Å². The van der Waals surface area contributed by atoms with Crippen LogP contribution in [0, 0.1) is 0 Å². The average molecular weight is 267 g/mol. The van der Waals surface area contributed by atoms with Crippen molar-refractivity contribution < 1.29 is 5.11 Å². The summed E-state index contributed by atoms with van der Waals surface area (Å²) >= 11 is 0. The average Bonchev–Trinajstić information content (AvgIpc) is 2.95. The van der Waals surface area contributed by atoms with Crippen molar-refractivity contribution in [3.05, 3.63) is 65.5 Å². The molecule has 4 heteroatoms. The molecular weight excluding hydrogens is 250 g/mol. The Bertz CT molecular complexity index is 703. The zero-order valence-corrected chi connectivity index (χ0v) is 11.1. The molecule has 1 aromatic heterocycles. The van der Waals surface area contributed by atoms with Crippen LogP contribution in [0.5, 0.6) is 0 Å². The maximum atomic E-state index is 10.5. The van der Waals surface area contributed by atoms with Gasteiger partial charge in [0.25, 0.3) is 0 Å². The predicted octanol–water partition coefficient (Wildman–Crippen LogP) is 2.15. The number of fused-ring (bicyclic) bond motifs is 1. The lowest BCUT2D eigenvalue weighted by molar-refractivity contribution is 0.220. The minimum absolute atomic E-state index is 0.630. The van der Waals surface area contributed by atoms with Gasteiger partial charge in [0.1, 0.15) is 6.10 Å². The summed E-state index contributed by atoms with van der Waals surface area (Å²) < 4.78 is 0. The fourth-order valence-electron chi connectivity index (χ4n) is 2.35.